The summed E-state index contributed by atoms with van der Waals surface area (Å²) in [6.45, 7) is 7.02. The molecular formula is C22H36NO7P. The van der Waals surface area contributed by atoms with Crippen molar-refractivity contribution in [3.8, 4) is 11.5 Å². The molecule has 9 heteroatoms. The van der Waals surface area contributed by atoms with Crippen molar-refractivity contribution in [3.05, 3.63) is 23.8 Å². The minimum atomic E-state index is -3.79. The largest absolute Gasteiger partial charge is 0.486 e. The average molecular weight is 458 g/mol. The number of rotatable bonds is 15. The van der Waals surface area contributed by atoms with Crippen LogP contribution in [0.3, 0.4) is 0 Å². The third kappa shape index (κ3) is 8.81. The Labute approximate surface area is 185 Å². The van der Waals surface area contributed by atoms with Crippen LogP contribution in [0.15, 0.2) is 18.2 Å². The van der Waals surface area contributed by atoms with Crippen molar-refractivity contribution in [1.29, 1.82) is 0 Å². The highest BCUT2D eigenvalue weighted by molar-refractivity contribution is 7.48. The molecule has 0 aromatic heterocycles. The van der Waals surface area contributed by atoms with Crippen molar-refractivity contribution in [3.63, 3.8) is 0 Å². The SMILES string of the molecule is CCCCCCCC(=O)NC[C@H](OP(=O)(OCC)OCC)c1ccc2c(c1)OCCO2. The highest BCUT2D eigenvalue weighted by atomic mass is 31.2. The van der Waals surface area contributed by atoms with Crippen LogP contribution in [0, 0.1) is 0 Å². The first-order valence-corrected chi connectivity index (χ1v) is 12.7. The molecule has 0 radical (unpaired) electrons. The van der Waals surface area contributed by atoms with Crippen molar-refractivity contribution in [2.24, 2.45) is 0 Å². The van der Waals surface area contributed by atoms with Crippen molar-refractivity contribution in [2.45, 2.75) is 65.4 Å². The summed E-state index contributed by atoms with van der Waals surface area (Å²) in [6, 6.07) is 5.36. The van der Waals surface area contributed by atoms with Gasteiger partial charge >= 0.3 is 7.82 Å². The lowest BCUT2D eigenvalue weighted by molar-refractivity contribution is -0.121. The summed E-state index contributed by atoms with van der Waals surface area (Å²) in [7, 11) is -3.79. The van der Waals surface area contributed by atoms with Gasteiger partial charge in [0.2, 0.25) is 5.91 Å². The van der Waals surface area contributed by atoms with Gasteiger partial charge in [0.05, 0.1) is 13.2 Å². The van der Waals surface area contributed by atoms with E-state index in [0.29, 0.717) is 36.7 Å². The predicted octanol–water partition coefficient (Wildman–Crippen LogP) is 5.17. The number of ether oxygens (including phenoxy) is 2. The van der Waals surface area contributed by atoms with E-state index in [1.165, 1.54) is 12.8 Å². The van der Waals surface area contributed by atoms with E-state index in [-0.39, 0.29) is 25.7 Å². The van der Waals surface area contributed by atoms with Crippen LogP contribution in [0.2, 0.25) is 0 Å². The number of carbonyl (C=O) groups is 1. The molecule has 176 valence electrons. The lowest BCUT2D eigenvalue weighted by Gasteiger charge is -2.25. The molecule has 1 aromatic carbocycles. The second-order valence-electron chi connectivity index (χ2n) is 7.25. The lowest BCUT2D eigenvalue weighted by Crippen LogP contribution is -2.29. The maximum Gasteiger partial charge on any atom is 0.475 e. The zero-order chi connectivity index (χ0) is 22.5. The molecule has 0 spiro atoms. The van der Waals surface area contributed by atoms with E-state index in [1.807, 2.05) is 0 Å². The van der Waals surface area contributed by atoms with Gasteiger partial charge in [0.1, 0.15) is 19.3 Å². The van der Waals surface area contributed by atoms with E-state index in [0.717, 1.165) is 19.3 Å². The first-order chi connectivity index (χ1) is 15.0. The third-order valence-electron chi connectivity index (χ3n) is 4.76. The summed E-state index contributed by atoms with van der Waals surface area (Å²) >= 11 is 0. The van der Waals surface area contributed by atoms with E-state index < -0.39 is 13.9 Å². The van der Waals surface area contributed by atoms with Gasteiger partial charge in [0.25, 0.3) is 0 Å². The van der Waals surface area contributed by atoms with Crippen molar-refractivity contribution >= 4 is 13.7 Å². The molecule has 1 atom stereocenters. The molecule has 0 saturated heterocycles. The molecule has 0 fully saturated rings. The maximum atomic E-state index is 13.0. The quantitative estimate of drug-likeness (QED) is 0.287. The normalized spacial score (nSPS) is 14.3. The minimum Gasteiger partial charge on any atom is -0.486 e. The van der Waals surface area contributed by atoms with Crippen molar-refractivity contribution < 1.29 is 32.4 Å². The van der Waals surface area contributed by atoms with E-state index in [9.17, 15) is 9.36 Å². The van der Waals surface area contributed by atoms with Crippen molar-refractivity contribution in [2.75, 3.05) is 33.0 Å². The zero-order valence-corrected chi connectivity index (χ0v) is 19.8. The summed E-state index contributed by atoms with van der Waals surface area (Å²) in [6.07, 6.45) is 5.09. The number of nitrogens with one attached hydrogen (secondary N) is 1. The summed E-state index contributed by atoms with van der Waals surface area (Å²) in [4.78, 5) is 12.3. The Hall–Kier alpha value is -1.60. The van der Waals surface area contributed by atoms with E-state index >= 15 is 0 Å². The van der Waals surface area contributed by atoms with Crippen LogP contribution < -0.4 is 14.8 Å². The lowest BCUT2D eigenvalue weighted by atomic mass is 10.1. The van der Waals surface area contributed by atoms with E-state index in [2.05, 4.69) is 12.2 Å². The number of unbranched alkanes of at least 4 members (excludes halogenated alkanes) is 4. The first-order valence-electron chi connectivity index (χ1n) is 11.2. The number of phosphoric ester groups is 1. The Morgan fingerprint density at radius 3 is 2.39 bits per heavy atom. The summed E-state index contributed by atoms with van der Waals surface area (Å²) in [5.74, 6) is 1.16. The highest BCUT2D eigenvalue weighted by Crippen LogP contribution is 2.53. The molecule has 1 aromatic rings. The number of carbonyl (C=O) groups excluding carboxylic acids is 1. The van der Waals surface area contributed by atoms with Gasteiger partial charge in [-0.25, -0.2) is 4.57 Å². The summed E-state index contributed by atoms with van der Waals surface area (Å²) in [5.41, 5.74) is 0.687. The Kier molecular flexibility index (Phi) is 11.4. The van der Waals surface area contributed by atoms with Gasteiger partial charge in [0, 0.05) is 13.0 Å². The smallest absolute Gasteiger partial charge is 0.475 e. The van der Waals surface area contributed by atoms with Crippen LogP contribution in [-0.4, -0.2) is 38.9 Å². The molecule has 31 heavy (non-hydrogen) atoms. The van der Waals surface area contributed by atoms with Gasteiger partial charge in [-0.05, 0) is 38.0 Å². The molecule has 1 aliphatic heterocycles. The number of hydrogen-bond acceptors (Lipinski definition) is 7. The van der Waals surface area contributed by atoms with Gasteiger partial charge in [-0.3, -0.25) is 18.4 Å². The maximum absolute atomic E-state index is 13.0. The average Bonchev–Trinajstić information content (AvgIpc) is 2.76. The second kappa shape index (κ2) is 13.7. The molecule has 0 aliphatic carbocycles. The van der Waals surface area contributed by atoms with Crippen molar-refractivity contribution in [1.82, 2.24) is 5.32 Å². The fourth-order valence-electron chi connectivity index (χ4n) is 3.23. The third-order valence-corrected chi connectivity index (χ3v) is 6.42. The fraction of sp³-hybridized carbons (Fsp3) is 0.682. The van der Waals surface area contributed by atoms with Gasteiger partial charge in [-0.1, -0.05) is 38.7 Å². The molecule has 1 amide bonds. The Bertz CT molecular complexity index is 718. The minimum absolute atomic E-state index is 0.0645. The molecule has 2 rings (SSSR count). The number of amides is 1. The standard InChI is InChI=1S/C22H36NO7P/c1-4-7-8-9-10-11-22(24)23-17-21(30-31(25,28-5-2)29-6-3)18-12-13-19-20(16-18)27-15-14-26-19/h12-13,16,21H,4-11,14-15,17H2,1-3H3,(H,23,24)/t21-/m0/s1. The Morgan fingerprint density at radius 2 is 1.71 bits per heavy atom. The first kappa shape index (κ1) is 25.7. The number of benzene rings is 1. The van der Waals surface area contributed by atoms with Gasteiger partial charge < -0.3 is 14.8 Å². The van der Waals surface area contributed by atoms with Gasteiger partial charge in [0.15, 0.2) is 11.5 Å². The highest BCUT2D eigenvalue weighted by Gasteiger charge is 2.32. The molecule has 1 heterocycles. The monoisotopic (exact) mass is 457 g/mol. The summed E-state index contributed by atoms with van der Waals surface area (Å²) < 4.78 is 40.6. The molecular weight excluding hydrogens is 421 g/mol. The van der Waals surface area contributed by atoms with Gasteiger partial charge in [-0.15, -0.1) is 0 Å². The predicted molar refractivity (Wildman–Crippen MR) is 119 cm³/mol. The Morgan fingerprint density at radius 1 is 1.03 bits per heavy atom. The molecule has 8 nitrogen and oxygen atoms in total. The fourth-order valence-corrected chi connectivity index (χ4v) is 4.57. The molecule has 1 N–H and O–H groups in total. The zero-order valence-electron chi connectivity index (χ0n) is 18.9. The number of phosphoric acid groups is 1. The molecule has 1 aliphatic rings. The topological polar surface area (TPSA) is 92.3 Å². The second-order valence-corrected chi connectivity index (χ2v) is 8.87. The van der Waals surface area contributed by atoms with E-state index in [4.69, 9.17) is 23.0 Å². The van der Waals surface area contributed by atoms with Crippen LogP contribution >= 0.6 is 7.82 Å². The van der Waals surface area contributed by atoms with Crippen LogP contribution in [0.1, 0.15) is 71.0 Å². The van der Waals surface area contributed by atoms with Crippen LogP contribution in [0.5, 0.6) is 11.5 Å². The van der Waals surface area contributed by atoms with Crippen LogP contribution in [0.4, 0.5) is 0 Å². The molecule has 0 bridgehead atoms. The molecule has 0 saturated carbocycles. The van der Waals surface area contributed by atoms with Crippen LogP contribution in [-0.2, 0) is 22.9 Å². The van der Waals surface area contributed by atoms with E-state index in [1.54, 1.807) is 32.0 Å². The van der Waals surface area contributed by atoms with Gasteiger partial charge in [-0.2, -0.15) is 0 Å². The summed E-state index contributed by atoms with van der Waals surface area (Å²) in [5, 5.41) is 2.89. The van der Waals surface area contributed by atoms with Crippen LogP contribution in [0.25, 0.3) is 0 Å². The molecule has 0 unspecified atom stereocenters. The number of hydrogen-bond donors (Lipinski definition) is 1. The number of fused-ring (bicyclic) bond motifs is 1. The Balaban J connectivity index is 2.07.